The fraction of sp³-hybridized carbons (Fsp3) is 0.0545. The van der Waals surface area contributed by atoms with E-state index in [2.05, 4.69) is 211 Å². The Bertz CT molecular complexity index is 3470. The van der Waals surface area contributed by atoms with Gasteiger partial charge in [-0.2, -0.15) is 0 Å². The van der Waals surface area contributed by atoms with Gasteiger partial charge in [-0.05, 0) is 59.5 Å². The van der Waals surface area contributed by atoms with E-state index in [9.17, 15) is 0 Å². The lowest BCUT2D eigenvalue weighted by molar-refractivity contribution is 0.606. The topological polar surface area (TPSA) is 34.5 Å². The summed E-state index contributed by atoms with van der Waals surface area (Å²) in [6, 6.07) is 64.7. The molecule has 59 heavy (non-hydrogen) atoms. The van der Waals surface area contributed by atoms with Crippen molar-refractivity contribution in [3.05, 3.63) is 206 Å². The summed E-state index contributed by atoms with van der Waals surface area (Å²) in [6.07, 6.45) is 7.07. The van der Waals surface area contributed by atoms with E-state index in [0.717, 1.165) is 88.7 Å². The second-order valence-electron chi connectivity index (χ2n) is 15.7. The van der Waals surface area contributed by atoms with Gasteiger partial charge in [0.1, 0.15) is 16.7 Å². The lowest BCUT2D eigenvalue weighted by Gasteiger charge is -2.37. The third-order valence-corrected chi connectivity index (χ3v) is 12.3. The molecule has 0 radical (unpaired) electrons. The van der Waals surface area contributed by atoms with Gasteiger partial charge in [0.05, 0.1) is 22.8 Å². The van der Waals surface area contributed by atoms with Crippen LogP contribution in [0, 0.1) is 5.92 Å². The highest BCUT2D eigenvalue weighted by Crippen LogP contribution is 2.45. The summed E-state index contributed by atoms with van der Waals surface area (Å²) in [5.74, 6) is 0.116. The summed E-state index contributed by atoms with van der Waals surface area (Å²) in [4.78, 5) is 2.49. The molecule has 0 spiro atoms. The van der Waals surface area contributed by atoms with Gasteiger partial charge in [-0.1, -0.05) is 165 Å². The summed E-state index contributed by atoms with van der Waals surface area (Å²) < 4.78 is 16.0. The van der Waals surface area contributed by atoms with Crippen molar-refractivity contribution in [1.29, 1.82) is 0 Å². The van der Waals surface area contributed by atoms with E-state index in [4.69, 9.17) is 8.83 Å². The van der Waals surface area contributed by atoms with E-state index < -0.39 is 0 Å². The number of anilines is 2. The first kappa shape index (κ1) is 33.6. The van der Waals surface area contributed by atoms with Crippen molar-refractivity contribution in [2.75, 3.05) is 4.90 Å². The zero-order valence-electron chi connectivity index (χ0n) is 32.4. The number of benzene rings is 8. The lowest BCUT2D eigenvalue weighted by Crippen LogP contribution is -2.35. The maximum atomic E-state index is 6.86. The molecule has 4 nitrogen and oxygen atoms in total. The Labute approximate surface area is 341 Å². The summed E-state index contributed by atoms with van der Waals surface area (Å²) >= 11 is 0. The van der Waals surface area contributed by atoms with Crippen molar-refractivity contribution in [3.8, 4) is 16.8 Å². The van der Waals surface area contributed by atoms with Gasteiger partial charge in [0.2, 0.25) is 0 Å². The first-order chi connectivity index (χ1) is 29.2. The van der Waals surface area contributed by atoms with Crippen LogP contribution >= 0.6 is 0 Å². The van der Waals surface area contributed by atoms with Crippen LogP contribution in [0.1, 0.15) is 12.5 Å². The largest absolute Gasteiger partial charge is 0.455 e. The molecule has 2 unspecified atom stereocenters. The Hall–Kier alpha value is -7.56. The lowest BCUT2D eigenvalue weighted by atomic mass is 9.87. The molecule has 0 saturated heterocycles. The van der Waals surface area contributed by atoms with Crippen molar-refractivity contribution in [2.24, 2.45) is 5.92 Å². The van der Waals surface area contributed by atoms with Crippen molar-refractivity contribution in [1.82, 2.24) is 4.57 Å². The minimum atomic E-state index is -0.0240. The first-order valence-electron chi connectivity index (χ1n) is 20.4. The summed E-state index contributed by atoms with van der Waals surface area (Å²) in [6.45, 7) is 2.33. The maximum absolute atomic E-state index is 6.86. The normalized spacial score (nSPS) is 15.6. The van der Waals surface area contributed by atoms with Gasteiger partial charge in [-0.15, -0.1) is 0 Å². The molecule has 3 heterocycles. The van der Waals surface area contributed by atoms with Gasteiger partial charge in [-0.3, -0.25) is 0 Å². The van der Waals surface area contributed by atoms with Crippen LogP contribution in [0.5, 0.6) is 0 Å². The van der Waals surface area contributed by atoms with E-state index >= 15 is 0 Å². The predicted octanol–water partition coefficient (Wildman–Crippen LogP) is 15.0. The second kappa shape index (κ2) is 13.3. The number of furan rings is 2. The Morgan fingerprint density at radius 1 is 0.492 bits per heavy atom. The first-order valence-corrected chi connectivity index (χ1v) is 20.4. The average molecular weight is 759 g/mol. The average Bonchev–Trinajstić information content (AvgIpc) is 3.98. The van der Waals surface area contributed by atoms with Gasteiger partial charge in [0, 0.05) is 54.8 Å². The van der Waals surface area contributed by atoms with Crippen LogP contribution in [0.3, 0.4) is 0 Å². The number of rotatable bonds is 6. The molecule has 280 valence electrons. The van der Waals surface area contributed by atoms with Gasteiger partial charge < -0.3 is 18.3 Å². The molecule has 4 heteroatoms. The van der Waals surface area contributed by atoms with Gasteiger partial charge >= 0.3 is 0 Å². The smallest absolute Gasteiger partial charge is 0.159 e. The molecule has 0 N–H and O–H groups in total. The molecule has 0 amide bonds. The number of hydrogen-bond donors (Lipinski definition) is 0. The Kier molecular flexibility index (Phi) is 7.54. The highest BCUT2D eigenvalue weighted by Gasteiger charge is 2.30. The molecule has 11 aromatic rings. The Balaban J connectivity index is 1.03. The van der Waals surface area contributed by atoms with Crippen LogP contribution in [0.15, 0.2) is 209 Å². The zero-order valence-corrected chi connectivity index (χ0v) is 32.4. The molecule has 1 aliphatic carbocycles. The van der Waals surface area contributed by atoms with Crippen molar-refractivity contribution in [2.45, 2.75) is 13.0 Å². The Morgan fingerprint density at radius 2 is 1.12 bits per heavy atom. The predicted molar refractivity (Wildman–Crippen MR) is 246 cm³/mol. The van der Waals surface area contributed by atoms with Crippen LogP contribution in [-0.4, -0.2) is 10.6 Å². The quantitative estimate of drug-likeness (QED) is 0.169. The molecule has 8 aromatic carbocycles. The van der Waals surface area contributed by atoms with E-state index in [1.165, 1.54) is 16.3 Å². The highest BCUT2D eigenvalue weighted by molar-refractivity contribution is 6.14. The SMILES string of the molecule is CC1C=C(c2cccc3c2oc2c(-c4ccccc4)cccc23)C=CC1N(c1ccc2c3ccccc3n(-c3ccccc3)c2c1)c1cccc2c1oc1ccccc12. The number of aromatic nitrogens is 1. The molecule has 2 atom stereocenters. The maximum Gasteiger partial charge on any atom is 0.159 e. The monoisotopic (exact) mass is 758 g/mol. The van der Waals surface area contributed by atoms with Crippen LogP contribution < -0.4 is 4.90 Å². The van der Waals surface area contributed by atoms with Gasteiger partial charge in [-0.25, -0.2) is 0 Å². The second-order valence-corrected chi connectivity index (χ2v) is 15.7. The van der Waals surface area contributed by atoms with E-state index in [1.54, 1.807) is 0 Å². The van der Waals surface area contributed by atoms with Crippen LogP contribution in [0.4, 0.5) is 11.4 Å². The molecular formula is C55H38N2O2. The van der Waals surface area contributed by atoms with E-state index in [1.807, 2.05) is 6.07 Å². The number of allylic oxidation sites excluding steroid dienone is 2. The zero-order chi connectivity index (χ0) is 39.0. The fourth-order valence-corrected chi connectivity index (χ4v) is 9.57. The fourth-order valence-electron chi connectivity index (χ4n) is 9.57. The minimum absolute atomic E-state index is 0.0240. The highest BCUT2D eigenvalue weighted by atomic mass is 16.3. The number of para-hydroxylation sites is 6. The third kappa shape index (κ3) is 5.23. The van der Waals surface area contributed by atoms with Crippen LogP contribution in [0.2, 0.25) is 0 Å². The van der Waals surface area contributed by atoms with E-state index in [-0.39, 0.29) is 12.0 Å². The molecular weight excluding hydrogens is 721 g/mol. The molecule has 0 fully saturated rings. The minimum Gasteiger partial charge on any atom is -0.455 e. The summed E-state index contributed by atoms with van der Waals surface area (Å²) in [5, 5.41) is 6.94. The van der Waals surface area contributed by atoms with Crippen molar-refractivity contribution in [3.63, 3.8) is 0 Å². The van der Waals surface area contributed by atoms with Crippen molar-refractivity contribution < 1.29 is 8.83 Å². The molecule has 3 aromatic heterocycles. The molecule has 0 aliphatic heterocycles. The van der Waals surface area contributed by atoms with Gasteiger partial charge in [0.15, 0.2) is 5.58 Å². The standard InChI is InChI=1S/C55H38N2O2/c1-35-33-37(41-22-13-24-47-46-23-12-21-40(53(46)59-54(41)47)36-15-4-2-5-16-36)29-32-48(35)57(50-27-14-25-45-44-20-9-11-28-52(44)58-55(45)50)39-30-31-43-42-19-8-10-26-49(42)56(51(43)34-39)38-17-6-3-7-18-38/h2-35,48H,1H3. The van der Waals surface area contributed by atoms with Crippen molar-refractivity contribution >= 4 is 82.6 Å². The van der Waals surface area contributed by atoms with Crippen LogP contribution in [0.25, 0.3) is 88.1 Å². The number of fused-ring (bicyclic) bond motifs is 9. The molecule has 12 rings (SSSR count). The third-order valence-electron chi connectivity index (χ3n) is 12.3. The van der Waals surface area contributed by atoms with Crippen LogP contribution in [-0.2, 0) is 0 Å². The molecule has 0 bridgehead atoms. The van der Waals surface area contributed by atoms with E-state index in [0.29, 0.717) is 0 Å². The number of nitrogens with zero attached hydrogens (tertiary/aromatic N) is 2. The Morgan fingerprint density at radius 3 is 1.92 bits per heavy atom. The molecule has 0 saturated carbocycles. The molecule has 1 aliphatic rings. The number of hydrogen-bond acceptors (Lipinski definition) is 3. The summed E-state index contributed by atoms with van der Waals surface area (Å²) in [7, 11) is 0. The summed E-state index contributed by atoms with van der Waals surface area (Å²) in [5.41, 5.74) is 13.7. The van der Waals surface area contributed by atoms with Gasteiger partial charge in [0.25, 0.3) is 0 Å².